The third kappa shape index (κ3) is 4.68. The summed E-state index contributed by atoms with van der Waals surface area (Å²) in [4.78, 5) is 11.1. The predicted octanol–water partition coefficient (Wildman–Crippen LogP) is 4.01. The molecule has 2 aromatic carbocycles. The molecule has 1 heterocycles. The standard InChI is InChI=1S/C20H22N4O4S/c1-13-5-7-15(8-6-13)24-14(2)21-22-20(24)29-19(12-23(25)26)17-11-16(27-3)9-10-18(17)28-4/h5-11,19H,12H2,1-4H3/t19-/m1/s1. The normalized spacial score (nSPS) is 11.9. The first kappa shape index (κ1) is 20.7. The van der Waals surface area contributed by atoms with Crippen LogP contribution >= 0.6 is 11.8 Å². The Hall–Kier alpha value is -3.07. The molecule has 9 heteroatoms. The minimum absolute atomic E-state index is 0.298. The maximum Gasteiger partial charge on any atom is 0.220 e. The number of thioether (sulfide) groups is 1. The highest BCUT2D eigenvalue weighted by molar-refractivity contribution is 7.99. The molecule has 0 amide bonds. The SMILES string of the molecule is COc1ccc(OC)c([C@@H](C[N+](=O)[O-])Sc2nnc(C)n2-c2ccc(C)cc2)c1. The van der Waals surface area contributed by atoms with Crippen LogP contribution in [0.3, 0.4) is 0 Å². The zero-order chi connectivity index (χ0) is 21.0. The minimum Gasteiger partial charge on any atom is -0.497 e. The van der Waals surface area contributed by atoms with Gasteiger partial charge in [-0.15, -0.1) is 10.2 Å². The lowest BCUT2D eigenvalue weighted by Crippen LogP contribution is -2.12. The molecule has 1 atom stereocenters. The lowest BCUT2D eigenvalue weighted by atomic mass is 10.1. The zero-order valence-electron chi connectivity index (χ0n) is 16.7. The molecule has 0 fully saturated rings. The van der Waals surface area contributed by atoms with Gasteiger partial charge < -0.3 is 9.47 Å². The number of nitrogens with zero attached hydrogens (tertiary/aromatic N) is 4. The van der Waals surface area contributed by atoms with Gasteiger partial charge in [0.05, 0.1) is 14.2 Å². The van der Waals surface area contributed by atoms with E-state index in [9.17, 15) is 10.1 Å². The molecule has 0 aliphatic carbocycles. The van der Waals surface area contributed by atoms with Gasteiger partial charge in [-0.05, 0) is 44.2 Å². The van der Waals surface area contributed by atoms with E-state index in [1.165, 1.54) is 18.9 Å². The number of methoxy groups -OCH3 is 2. The third-order valence-corrected chi connectivity index (χ3v) is 5.60. The van der Waals surface area contributed by atoms with Crippen molar-refractivity contribution in [3.63, 3.8) is 0 Å². The molecular weight excluding hydrogens is 392 g/mol. The Bertz CT molecular complexity index is 1000. The van der Waals surface area contributed by atoms with Crippen LogP contribution in [0.15, 0.2) is 47.6 Å². The van der Waals surface area contributed by atoms with Gasteiger partial charge in [0.1, 0.15) is 22.6 Å². The highest BCUT2D eigenvalue weighted by Crippen LogP contribution is 2.41. The van der Waals surface area contributed by atoms with Crippen molar-refractivity contribution >= 4 is 11.8 Å². The van der Waals surface area contributed by atoms with E-state index in [0.717, 1.165) is 11.3 Å². The van der Waals surface area contributed by atoms with Crippen molar-refractivity contribution in [2.45, 2.75) is 24.3 Å². The molecule has 0 aliphatic heterocycles. The van der Waals surface area contributed by atoms with Gasteiger partial charge in [0.2, 0.25) is 6.54 Å². The Morgan fingerprint density at radius 1 is 1.10 bits per heavy atom. The fourth-order valence-electron chi connectivity index (χ4n) is 2.96. The second-order valence-electron chi connectivity index (χ2n) is 6.43. The lowest BCUT2D eigenvalue weighted by Gasteiger charge is -2.17. The first-order valence-electron chi connectivity index (χ1n) is 8.92. The van der Waals surface area contributed by atoms with E-state index in [0.29, 0.717) is 28.0 Å². The van der Waals surface area contributed by atoms with Crippen molar-refractivity contribution in [2.24, 2.45) is 0 Å². The summed E-state index contributed by atoms with van der Waals surface area (Å²) in [5.74, 6) is 1.86. The highest BCUT2D eigenvalue weighted by atomic mass is 32.2. The molecule has 0 spiro atoms. The highest BCUT2D eigenvalue weighted by Gasteiger charge is 2.27. The van der Waals surface area contributed by atoms with Crippen LogP contribution in [0.1, 0.15) is 22.2 Å². The Balaban J connectivity index is 2.03. The van der Waals surface area contributed by atoms with Crippen molar-refractivity contribution in [3.05, 3.63) is 69.5 Å². The fourth-order valence-corrected chi connectivity index (χ4v) is 4.16. The summed E-state index contributed by atoms with van der Waals surface area (Å²) in [7, 11) is 3.09. The van der Waals surface area contributed by atoms with Gasteiger partial charge >= 0.3 is 0 Å². The number of rotatable bonds is 8. The smallest absolute Gasteiger partial charge is 0.220 e. The van der Waals surface area contributed by atoms with Crippen molar-refractivity contribution in [1.82, 2.24) is 14.8 Å². The maximum absolute atomic E-state index is 11.4. The predicted molar refractivity (Wildman–Crippen MR) is 111 cm³/mol. The molecule has 0 saturated heterocycles. The molecule has 0 unspecified atom stereocenters. The van der Waals surface area contributed by atoms with Crippen LogP contribution in [-0.4, -0.2) is 40.5 Å². The number of hydrogen-bond acceptors (Lipinski definition) is 7. The minimum atomic E-state index is -0.539. The number of ether oxygens (including phenoxy) is 2. The molecule has 29 heavy (non-hydrogen) atoms. The third-order valence-electron chi connectivity index (χ3n) is 4.43. The molecule has 0 aliphatic rings. The molecule has 0 N–H and O–H groups in total. The molecule has 0 bridgehead atoms. The molecular formula is C20H22N4O4S. The molecule has 8 nitrogen and oxygen atoms in total. The summed E-state index contributed by atoms with van der Waals surface area (Å²) < 4.78 is 12.6. The zero-order valence-corrected chi connectivity index (χ0v) is 17.5. The van der Waals surface area contributed by atoms with Crippen molar-refractivity contribution in [3.8, 4) is 17.2 Å². The van der Waals surface area contributed by atoms with Crippen LogP contribution in [0.2, 0.25) is 0 Å². The summed E-state index contributed by atoms with van der Waals surface area (Å²) in [6.07, 6.45) is 0. The average molecular weight is 414 g/mol. The van der Waals surface area contributed by atoms with Crippen LogP contribution in [0.5, 0.6) is 11.5 Å². The van der Waals surface area contributed by atoms with E-state index >= 15 is 0 Å². The Kier molecular flexibility index (Phi) is 6.38. The van der Waals surface area contributed by atoms with E-state index in [1.807, 2.05) is 42.7 Å². The van der Waals surface area contributed by atoms with Gasteiger partial charge in [0, 0.05) is 16.2 Å². The number of hydrogen-bond donors (Lipinski definition) is 0. The maximum atomic E-state index is 11.4. The number of aryl methyl sites for hydroxylation is 2. The van der Waals surface area contributed by atoms with Gasteiger partial charge in [0.25, 0.3) is 0 Å². The monoisotopic (exact) mass is 414 g/mol. The van der Waals surface area contributed by atoms with Crippen LogP contribution < -0.4 is 9.47 Å². The van der Waals surface area contributed by atoms with Gasteiger partial charge in [-0.3, -0.25) is 14.7 Å². The summed E-state index contributed by atoms with van der Waals surface area (Å²) in [6.45, 7) is 3.57. The number of nitro groups is 1. The van der Waals surface area contributed by atoms with E-state index in [4.69, 9.17) is 9.47 Å². The topological polar surface area (TPSA) is 92.3 Å². The Labute approximate surface area is 173 Å². The molecule has 0 radical (unpaired) electrons. The van der Waals surface area contributed by atoms with Gasteiger partial charge in [-0.25, -0.2) is 0 Å². The summed E-state index contributed by atoms with van der Waals surface area (Å²) in [5.41, 5.74) is 2.71. The quantitative estimate of drug-likeness (QED) is 0.312. The van der Waals surface area contributed by atoms with Crippen LogP contribution in [-0.2, 0) is 0 Å². The second kappa shape index (κ2) is 8.95. The first-order chi connectivity index (χ1) is 13.9. The molecule has 152 valence electrons. The first-order valence-corrected chi connectivity index (χ1v) is 9.80. The molecule has 3 rings (SSSR count). The molecule has 3 aromatic rings. The largest absolute Gasteiger partial charge is 0.497 e. The fraction of sp³-hybridized carbons (Fsp3) is 0.300. The van der Waals surface area contributed by atoms with Crippen molar-refractivity contribution in [2.75, 3.05) is 20.8 Å². The van der Waals surface area contributed by atoms with Gasteiger partial charge in [-0.1, -0.05) is 29.5 Å². The van der Waals surface area contributed by atoms with Crippen molar-refractivity contribution < 1.29 is 14.4 Å². The average Bonchev–Trinajstić information content (AvgIpc) is 3.07. The molecule has 1 aromatic heterocycles. The van der Waals surface area contributed by atoms with E-state index in [2.05, 4.69) is 10.2 Å². The summed E-state index contributed by atoms with van der Waals surface area (Å²) in [5, 5.41) is 19.9. The van der Waals surface area contributed by atoms with E-state index in [1.54, 1.807) is 25.3 Å². The Morgan fingerprint density at radius 2 is 1.83 bits per heavy atom. The van der Waals surface area contributed by atoms with E-state index < -0.39 is 5.25 Å². The van der Waals surface area contributed by atoms with E-state index in [-0.39, 0.29) is 11.5 Å². The van der Waals surface area contributed by atoms with Crippen molar-refractivity contribution in [1.29, 1.82) is 0 Å². The summed E-state index contributed by atoms with van der Waals surface area (Å²) in [6, 6.07) is 13.2. The second-order valence-corrected chi connectivity index (χ2v) is 7.60. The van der Waals surface area contributed by atoms with Gasteiger partial charge in [-0.2, -0.15) is 0 Å². The van der Waals surface area contributed by atoms with Gasteiger partial charge in [0.15, 0.2) is 5.16 Å². The molecule has 0 saturated carbocycles. The number of aromatic nitrogens is 3. The summed E-state index contributed by atoms with van der Waals surface area (Å²) >= 11 is 1.28. The van der Waals surface area contributed by atoms with Crippen LogP contribution in [0, 0.1) is 24.0 Å². The lowest BCUT2D eigenvalue weighted by molar-refractivity contribution is -0.479. The van der Waals surface area contributed by atoms with Crippen LogP contribution in [0.4, 0.5) is 0 Å². The van der Waals surface area contributed by atoms with Crippen LogP contribution in [0.25, 0.3) is 5.69 Å². The number of benzene rings is 2. The Morgan fingerprint density at radius 3 is 2.45 bits per heavy atom.